The van der Waals surface area contributed by atoms with Gasteiger partial charge in [0.25, 0.3) is 0 Å². The molecular weight excluding hydrogens is 230 g/mol. The number of nitrogens with zero attached hydrogens (tertiary/aromatic N) is 3. The van der Waals surface area contributed by atoms with Gasteiger partial charge >= 0.3 is 0 Å². The molecule has 0 unspecified atom stereocenters. The zero-order chi connectivity index (χ0) is 11.1. The number of halogens is 1. The van der Waals surface area contributed by atoms with E-state index in [1.54, 1.807) is 18.0 Å². The minimum absolute atomic E-state index is 0.322. The number of hydrogen-bond donors (Lipinski definition) is 0. The summed E-state index contributed by atoms with van der Waals surface area (Å²) in [5.74, 6) is 1.04. The molecule has 0 atom stereocenters. The van der Waals surface area contributed by atoms with E-state index in [1.165, 1.54) is 0 Å². The minimum atomic E-state index is 0.322. The molecule has 1 heterocycles. The zero-order valence-corrected chi connectivity index (χ0v) is 10.7. The van der Waals surface area contributed by atoms with Crippen molar-refractivity contribution in [3.63, 3.8) is 0 Å². The van der Waals surface area contributed by atoms with Crippen LogP contribution in [0.2, 0.25) is 5.28 Å². The van der Waals surface area contributed by atoms with E-state index in [1.807, 2.05) is 6.07 Å². The summed E-state index contributed by atoms with van der Waals surface area (Å²) >= 11 is 7.41. The van der Waals surface area contributed by atoms with Crippen molar-refractivity contribution in [2.45, 2.75) is 18.9 Å². The Hall–Kier alpha value is -0.320. The van der Waals surface area contributed by atoms with E-state index in [0.29, 0.717) is 5.28 Å². The second-order valence-corrected chi connectivity index (χ2v) is 4.49. The summed E-state index contributed by atoms with van der Waals surface area (Å²) < 4.78 is 0. The lowest BCUT2D eigenvalue weighted by molar-refractivity contribution is 0.324. The van der Waals surface area contributed by atoms with E-state index in [-0.39, 0.29) is 0 Å². The molecule has 15 heavy (non-hydrogen) atoms. The standard InChI is InChI=1S/C10H16ClN3S/c1-3-14(4-2)7-8-15-9-5-6-12-10(11)13-9/h5-6H,3-4,7-8H2,1-2H3. The Kier molecular flexibility index (Phi) is 5.98. The van der Waals surface area contributed by atoms with E-state index in [4.69, 9.17) is 11.6 Å². The van der Waals surface area contributed by atoms with Crippen LogP contribution in [0, 0.1) is 0 Å². The van der Waals surface area contributed by atoms with Crippen molar-refractivity contribution in [3.05, 3.63) is 17.5 Å². The summed E-state index contributed by atoms with van der Waals surface area (Å²) in [7, 11) is 0. The van der Waals surface area contributed by atoms with Gasteiger partial charge in [0.05, 0.1) is 0 Å². The van der Waals surface area contributed by atoms with Crippen LogP contribution in [0.1, 0.15) is 13.8 Å². The fourth-order valence-corrected chi connectivity index (χ4v) is 2.28. The van der Waals surface area contributed by atoms with Crippen LogP contribution < -0.4 is 0 Å². The van der Waals surface area contributed by atoms with Crippen molar-refractivity contribution < 1.29 is 0 Å². The third kappa shape index (κ3) is 4.82. The summed E-state index contributed by atoms with van der Waals surface area (Å²) in [6.07, 6.45) is 1.69. The first-order chi connectivity index (χ1) is 7.26. The number of hydrogen-bond acceptors (Lipinski definition) is 4. The maximum Gasteiger partial charge on any atom is 0.223 e. The molecule has 1 rings (SSSR count). The van der Waals surface area contributed by atoms with Gasteiger partial charge in [0, 0.05) is 18.5 Å². The van der Waals surface area contributed by atoms with Crippen molar-refractivity contribution in [1.82, 2.24) is 14.9 Å². The van der Waals surface area contributed by atoms with Crippen LogP contribution in [-0.2, 0) is 0 Å². The van der Waals surface area contributed by atoms with E-state index in [0.717, 1.165) is 30.4 Å². The van der Waals surface area contributed by atoms with Crippen LogP contribution >= 0.6 is 23.4 Å². The minimum Gasteiger partial charge on any atom is -0.303 e. The van der Waals surface area contributed by atoms with Gasteiger partial charge in [-0.3, -0.25) is 0 Å². The quantitative estimate of drug-likeness (QED) is 0.438. The average Bonchev–Trinajstić information content (AvgIpc) is 2.25. The molecule has 0 saturated heterocycles. The summed E-state index contributed by atoms with van der Waals surface area (Å²) in [5.41, 5.74) is 0. The molecule has 0 fully saturated rings. The molecular formula is C10H16ClN3S. The van der Waals surface area contributed by atoms with Gasteiger partial charge in [-0.1, -0.05) is 13.8 Å². The smallest absolute Gasteiger partial charge is 0.223 e. The summed E-state index contributed by atoms with van der Waals surface area (Å²) in [5, 5.41) is 1.27. The molecule has 1 aromatic rings. The number of aromatic nitrogens is 2. The second-order valence-electron chi connectivity index (χ2n) is 3.04. The van der Waals surface area contributed by atoms with E-state index >= 15 is 0 Å². The Morgan fingerprint density at radius 2 is 2.13 bits per heavy atom. The Morgan fingerprint density at radius 1 is 1.40 bits per heavy atom. The molecule has 3 nitrogen and oxygen atoms in total. The maximum absolute atomic E-state index is 5.69. The molecule has 0 aliphatic rings. The van der Waals surface area contributed by atoms with Crippen LogP contribution in [-0.4, -0.2) is 40.3 Å². The predicted octanol–water partition coefficient (Wildman–Crippen LogP) is 2.56. The average molecular weight is 246 g/mol. The van der Waals surface area contributed by atoms with Crippen molar-refractivity contribution in [2.75, 3.05) is 25.4 Å². The lowest BCUT2D eigenvalue weighted by Gasteiger charge is -2.16. The Balaban J connectivity index is 2.31. The second kappa shape index (κ2) is 7.04. The molecule has 0 aliphatic carbocycles. The maximum atomic E-state index is 5.69. The van der Waals surface area contributed by atoms with Crippen LogP contribution in [0.15, 0.2) is 17.3 Å². The van der Waals surface area contributed by atoms with Crippen LogP contribution in [0.5, 0.6) is 0 Å². The fourth-order valence-electron chi connectivity index (χ4n) is 1.22. The first-order valence-electron chi connectivity index (χ1n) is 5.10. The molecule has 0 N–H and O–H groups in total. The van der Waals surface area contributed by atoms with Crippen molar-refractivity contribution in [2.24, 2.45) is 0 Å². The van der Waals surface area contributed by atoms with Gasteiger partial charge in [-0.05, 0) is 30.8 Å². The molecule has 0 bridgehead atoms. The summed E-state index contributed by atoms with van der Waals surface area (Å²) in [6, 6.07) is 1.89. The zero-order valence-electron chi connectivity index (χ0n) is 9.11. The first kappa shape index (κ1) is 12.7. The molecule has 84 valence electrons. The lowest BCUT2D eigenvalue weighted by Crippen LogP contribution is -2.25. The fraction of sp³-hybridized carbons (Fsp3) is 0.600. The van der Waals surface area contributed by atoms with Gasteiger partial charge in [0.1, 0.15) is 5.03 Å². The Labute approximate surface area is 100 Å². The number of rotatable bonds is 6. The van der Waals surface area contributed by atoms with E-state index in [2.05, 4.69) is 28.7 Å². The number of thioether (sulfide) groups is 1. The predicted molar refractivity (Wildman–Crippen MR) is 65.6 cm³/mol. The van der Waals surface area contributed by atoms with Crippen molar-refractivity contribution in [1.29, 1.82) is 0 Å². The monoisotopic (exact) mass is 245 g/mol. The molecule has 0 radical (unpaired) electrons. The van der Waals surface area contributed by atoms with Gasteiger partial charge in [-0.25, -0.2) is 9.97 Å². The highest BCUT2D eigenvalue weighted by atomic mass is 35.5. The molecule has 1 aromatic heterocycles. The molecule has 0 aromatic carbocycles. The van der Waals surface area contributed by atoms with Gasteiger partial charge in [0.2, 0.25) is 5.28 Å². The third-order valence-electron chi connectivity index (χ3n) is 2.15. The summed E-state index contributed by atoms with van der Waals surface area (Å²) in [4.78, 5) is 10.4. The van der Waals surface area contributed by atoms with Gasteiger partial charge in [-0.2, -0.15) is 0 Å². The Morgan fingerprint density at radius 3 is 2.73 bits per heavy atom. The van der Waals surface area contributed by atoms with Crippen LogP contribution in [0.3, 0.4) is 0 Å². The van der Waals surface area contributed by atoms with Crippen LogP contribution in [0.4, 0.5) is 0 Å². The highest BCUT2D eigenvalue weighted by Crippen LogP contribution is 2.15. The van der Waals surface area contributed by atoms with E-state index < -0.39 is 0 Å². The molecule has 5 heteroatoms. The SMILES string of the molecule is CCN(CC)CCSc1ccnc(Cl)n1. The molecule has 0 spiro atoms. The van der Waals surface area contributed by atoms with Gasteiger partial charge < -0.3 is 4.90 Å². The highest BCUT2D eigenvalue weighted by molar-refractivity contribution is 7.99. The topological polar surface area (TPSA) is 29.0 Å². The van der Waals surface area contributed by atoms with Gasteiger partial charge in [0.15, 0.2) is 0 Å². The Bertz CT molecular complexity index is 292. The first-order valence-corrected chi connectivity index (χ1v) is 6.46. The highest BCUT2D eigenvalue weighted by Gasteiger charge is 2.01. The van der Waals surface area contributed by atoms with Gasteiger partial charge in [-0.15, -0.1) is 11.8 Å². The largest absolute Gasteiger partial charge is 0.303 e. The van der Waals surface area contributed by atoms with Crippen LogP contribution in [0.25, 0.3) is 0 Å². The molecule has 0 aliphatic heterocycles. The lowest BCUT2D eigenvalue weighted by atomic mass is 10.5. The van der Waals surface area contributed by atoms with Crippen molar-refractivity contribution >= 4 is 23.4 Å². The summed E-state index contributed by atoms with van der Waals surface area (Å²) in [6.45, 7) is 7.63. The van der Waals surface area contributed by atoms with E-state index in [9.17, 15) is 0 Å². The molecule has 0 saturated carbocycles. The molecule has 0 amide bonds. The third-order valence-corrected chi connectivity index (χ3v) is 3.24. The normalized spacial score (nSPS) is 10.9. The van der Waals surface area contributed by atoms with Crippen molar-refractivity contribution in [3.8, 4) is 0 Å².